The molecule has 3 nitrogen and oxygen atoms in total. The largest absolute Gasteiger partial charge is 0.311 e. The van der Waals surface area contributed by atoms with Crippen LogP contribution in [-0.2, 0) is 6.54 Å². The Morgan fingerprint density at radius 3 is 2.95 bits per heavy atom. The third kappa shape index (κ3) is 4.02. The summed E-state index contributed by atoms with van der Waals surface area (Å²) < 4.78 is 0. The van der Waals surface area contributed by atoms with Gasteiger partial charge in [0.25, 0.3) is 0 Å². The minimum Gasteiger partial charge on any atom is -0.311 e. The molecule has 2 atom stereocenters. The summed E-state index contributed by atoms with van der Waals surface area (Å²) in [5.41, 5.74) is 1.32. The van der Waals surface area contributed by atoms with Gasteiger partial charge in [0.15, 0.2) is 0 Å². The van der Waals surface area contributed by atoms with Crippen LogP contribution in [0.4, 0.5) is 0 Å². The molecule has 0 aromatic carbocycles. The van der Waals surface area contributed by atoms with Gasteiger partial charge in [0.2, 0.25) is 0 Å². The van der Waals surface area contributed by atoms with Crippen LogP contribution in [0.15, 0.2) is 24.5 Å². The highest BCUT2D eigenvalue weighted by atomic mass is 15.2. The summed E-state index contributed by atoms with van der Waals surface area (Å²) in [6, 6.07) is 5.50. The maximum absolute atomic E-state index is 4.23. The fourth-order valence-corrected chi connectivity index (χ4v) is 3.01. The van der Waals surface area contributed by atoms with Crippen LogP contribution in [0.3, 0.4) is 0 Å². The summed E-state index contributed by atoms with van der Waals surface area (Å²) >= 11 is 0. The minimum absolute atomic E-state index is 0.633. The van der Waals surface area contributed by atoms with Crippen molar-refractivity contribution in [2.75, 3.05) is 13.1 Å². The van der Waals surface area contributed by atoms with E-state index in [0.717, 1.165) is 19.6 Å². The van der Waals surface area contributed by atoms with Crippen LogP contribution in [0.5, 0.6) is 0 Å². The number of aromatic nitrogens is 1. The molecular weight excluding hydrogens is 234 g/mol. The van der Waals surface area contributed by atoms with Crippen molar-refractivity contribution in [3.05, 3.63) is 30.1 Å². The Kier molecular flexibility index (Phi) is 5.34. The van der Waals surface area contributed by atoms with Crippen LogP contribution in [0.1, 0.15) is 39.2 Å². The van der Waals surface area contributed by atoms with Crippen molar-refractivity contribution in [2.24, 2.45) is 5.92 Å². The van der Waals surface area contributed by atoms with E-state index in [1.54, 1.807) is 0 Å². The number of hydrogen-bond acceptors (Lipinski definition) is 3. The molecule has 1 aliphatic rings. The highest BCUT2D eigenvalue weighted by Crippen LogP contribution is 2.19. The zero-order valence-electron chi connectivity index (χ0n) is 12.5. The topological polar surface area (TPSA) is 28.2 Å². The van der Waals surface area contributed by atoms with Crippen molar-refractivity contribution in [2.45, 2.75) is 52.2 Å². The Balaban J connectivity index is 2.03. The Hall–Kier alpha value is -0.930. The Bertz CT molecular complexity index is 364. The summed E-state index contributed by atoms with van der Waals surface area (Å²) in [5.74, 6) is 0.687. The second-order valence-electron chi connectivity index (χ2n) is 6.00. The molecule has 2 unspecified atom stereocenters. The summed E-state index contributed by atoms with van der Waals surface area (Å²) in [7, 11) is 0. The molecule has 0 bridgehead atoms. The molecule has 19 heavy (non-hydrogen) atoms. The minimum atomic E-state index is 0.633. The lowest BCUT2D eigenvalue weighted by molar-refractivity contribution is 0.0884. The predicted molar refractivity (Wildman–Crippen MR) is 80.0 cm³/mol. The van der Waals surface area contributed by atoms with Gasteiger partial charge in [0.1, 0.15) is 0 Å². The van der Waals surface area contributed by atoms with E-state index in [1.165, 1.54) is 18.4 Å². The van der Waals surface area contributed by atoms with Crippen LogP contribution in [0.25, 0.3) is 0 Å². The van der Waals surface area contributed by atoms with Gasteiger partial charge in [-0.1, -0.05) is 33.3 Å². The standard InChI is InChI=1S/C16H27N3/c1-4-6-15-12-19(16(10-18-15)13(2)3)11-14-7-5-8-17-9-14/h5,7-9,13,15-16,18H,4,6,10-12H2,1-3H3. The molecular formula is C16H27N3. The lowest BCUT2D eigenvalue weighted by atomic mass is 9.96. The monoisotopic (exact) mass is 261 g/mol. The summed E-state index contributed by atoms with van der Waals surface area (Å²) in [4.78, 5) is 6.87. The highest BCUT2D eigenvalue weighted by molar-refractivity contribution is 5.09. The fourth-order valence-electron chi connectivity index (χ4n) is 3.01. The SMILES string of the molecule is CCCC1CN(Cc2cccnc2)C(C(C)C)CN1. The smallest absolute Gasteiger partial charge is 0.0312 e. The number of rotatable bonds is 5. The first-order valence-corrected chi connectivity index (χ1v) is 7.57. The van der Waals surface area contributed by atoms with Crippen molar-refractivity contribution in [1.29, 1.82) is 0 Å². The molecule has 3 heteroatoms. The molecule has 1 aromatic heterocycles. The van der Waals surface area contributed by atoms with E-state index in [2.05, 4.69) is 42.0 Å². The zero-order chi connectivity index (χ0) is 13.7. The van der Waals surface area contributed by atoms with Gasteiger partial charge in [-0.3, -0.25) is 9.88 Å². The van der Waals surface area contributed by atoms with Gasteiger partial charge in [-0.25, -0.2) is 0 Å². The van der Waals surface area contributed by atoms with Crippen molar-refractivity contribution in [3.63, 3.8) is 0 Å². The van der Waals surface area contributed by atoms with Crippen molar-refractivity contribution in [3.8, 4) is 0 Å². The van der Waals surface area contributed by atoms with Gasteiger partial charge in [-0.2, -0.15) is 0 Å². The van der Waals surface area contributed by atoms with Crippen LogP contribution in [-0.4, -0.2) is 35.1 Å². The van der Waals surface area contributed by atoms with E-state index in [-0.39, 0.29) is 0 Å². The van der Waals surface area contributed by atoms with E-state index < -0.39 is 0 Å². The molecule has 0 spiro atoms. The molecule has 0 radical (unpaired) electrons. The number of piperazine rings is 1. The van der Waals surface area contributed by atoms with E-state index in [0.29, 0.717) is 18.0 Å². The van der Waals surface area contributed by atoms with Gasteiger partial charge >= 0.3 is 0 Å². The van der Waals surface area contributed by atoms with Crippen LogP contribution < -0.4 is 5.32 Å². The second-order valence-corrected chi connectivity index (χ2v) is 6.00. The first-order valence-electron chi connectivity index (χ1n) is 7.57. The Morgan fingerprint density at radius 1 is 1.47 bits per heavy atom. The van der Waals surface area contributed by atoms with Crippen molar-refractivity contribution >= 4 is 0 Å². The Morgan fingerprint density at radius 2 is 2.32 bits per heavy atom. The van der Waals surface area contributed by atoms with Crippen LogP contribution >= 0.6 is 0 Å². The first-order chi connectivity index (χ1) is 9.20. The molecule has 2 heterocycles. The number of pyridine rings is 1. The molecule has 106 valence electrons. The summed E-state index contributed by atoms with van der Waals surface area (Å²) in [6.45, 7) is 10.2. The van der Waals surface area contributed by atoms with E-state index in [1.807, 2.05) is 18.5 Å². The lowest BCUT2D eigenvalue weighted by Crippen LogP contribution is -2.57. The fraction of sp³-hybridized carbons (Fsp3) is 0.688. The second kappa shape index (κ2) is 7.01. The first kappa shape index (κ1) is 14.5. The predicted octanol–water partition coefficient (Wildman–Crippen LogP) is 2.68. The van der Waals surface area contributed by atoms with E-state index >= 15 is 0 Å². The molecule has 0 amide bonds. The summed E-state index contributed by atoms with van der Waals surface area (Å²) in [6.07, 6.45) is 6.37. The molecule has 1 aromatic rings. The maximum Gasteiger partial charge on any atom is 0.0312 e. The average Bonchev–Trinajstić information content (AvgIpc) is 2.40. The average molecular weight is 261 g/mol. The highest BCUT2D eigenvalue weighted by Gasteiger charge is 2.29. The third-order valence-electron chi connectivity index (χ3n) is 4.05. The molecule has 2 rings (SSSR count). The maximum atomic E-state index is 4.23. The van der Waals surface area contributed by atoms with Crippen LogP contribution in [0, 0.1) is 5.92 Å². The normalized spacial score (nSPS) is 24.8. The van der Waals surface area contributed by atoms with E-state index in [4.69, 9.17) is 0 Å². The van der Waals surface area contributed by atoms with Gasteiger partial charge < -0.3 is 5.32 Å². The van der Waals surface area contributed by atoms with Crippen LogP contribution in [0.2, 0.25) is 0 Å². The molecule has 1 saturated heterocycles. The molecule has 0 saturated carbocycles. The zero-order valence-corrected chi connectivity index (χ0v) is 12.5. The van der Waals surface area contributed by atoms with E-state index in [9.17, 15) is 0 Å². The van der Waals surface area contributed by atoms with Gasteiger partial charge in [0, 0.05) is 44.1 Å². The van der Waals surface area contributed by atoms with Gasteiger partial charge in [-0.05, 0) is 24.0 Å². The van der Waals surface area contributed by atoms with Gasteiger partial charge in [0.05, 0.1) is 0 Å². The third-order valence-corrected chi connectivity index (χ3v) is 4.05. The van der Waals surface area contributed by atoms with Crippen molar-refractivity contribution < 1.29 is 0 Å². The lowest BCUT2D eigenvalue weighted by Gasteiger charge is -2.42. The quantitative estimate of drug-likeness (QED) is 0.883. The molecule has 1 fully saturated rings. The number of hydrogen-bond donors (Lipinski definition) is 1. The molecule has 1 N–H and O–H groups in total. The summed E-state index contributed by atoms with van der Waals surface area (Å²) in [5, 5.41) is 3.71. The Labute approximate surface area is 117 Å². The number of nitrogens with one attached hydrogen (secondary N) is 1. The molecule has 0 aliphatic carbocycles. The van der Waals surface area contributed by atoms with Gasteiger partial charge in [-0.15, -0.1) is 0 Å². The van der Waals surface area contributed by atoms with Crippen molar-refractivity contribution in [1.82, 2.24) is 15.2 Å². The molecule has 1 aliphatic heterocycles. The number of nitrogens with zero attached hydrogens (tertiary/aromatic N) is 2.